The molecule has 0 amide bonds. The van der Waals surface area contributed by atoms with E-state index in [1.165, 1.54) is 0 Å². The molecule has 2 heterocycles. The molecule has 1 atom stereocenters. The maximum absolute atomic E-state index is 5.43. The number of methoxy groups -OCH3 is 1. The van der Waals surface area contributed by atoms with Crippen molar-refractivity contribution in [1.82, 2.24) is 15.3 Å². The highest BCUT2D eigenvalue weighted by Gasteiger charge is 2.21. The zero-order valence-electron chi connectivity index (χ0n) is 11.4. The molecule has 0 radical (unpaired) electrons. The molecule has 1 aliphatic heterocycles. The molecular formula is C13H22N4O. The van der Waals surface area contributed by atoms with E-state index in [1.807, 2.05) is 20.2 Å². The van der Waals surface area contributed by atoms with Gasteiger partial charge < -0.3 is 15.0 Å². The van der Waals surface area contributed by atoms with Crippen molar-refractivity contribution in [2.45, 2.75) is 32.4 Å². The number of aromatic nitrogens is 2. The first-order valence-electron chi connectivity index (χ1n) is 6.49. The van der Waals surface area contributed by atoms with Crippen LogP contribution in [0, 0.1) is 6.92 Å². The Kier molecular flexibility index (Phi) is 4.49. The van der Waals surface area contributed by atoms with E-state index in [0.29, 0.717) is 6.10 Å². The van der Waals surface area contributed by atoms with Crippen LogP contribution in [0.1, 0.15) is 24.1 Å². The van der Waals surface area contributed by atoms with Crippen LogP contribution in [0.5, 0.6) is 0 Å². The standard InChI is InChI=1S/C13H22N4O/c1-10-11(7-14-2)8-15-13(16-10)17-6-4-5-12(9-17)18-3/h8,12,14H,4-7,9H2,1-3H3. The van der Waals surface area contributed by atoms with Crippen LogP contribution >= 0.6 is 0 Å². The number of nitrogens with one attached hydrogen (secondary N) is 1. The molecule has 0 aliphatic carbocycles. The normalized spacial score (nSPS) is 20.2. The molecule has 18 heavy (non-hydrogen) atoms. The Labute approximate surface area is 109 Å². The minimum absolute atomic E-state index is 0.305. The summed E-state index contributed by atoms with van der Waals surface area (Å²) in [5.74, 6) is 0.828. The highest BCUT2D eigenvalue weighted by atomic mass is 16.5. The number of aryl methyl sites for hydroxylation is 1. The van der Waals surface area contributed by atoms with E-state index in [0.717, 1.165) is 49.7 Å². The molecule has 1 aliphatic rings. The van der Waals surface area contributed by atoms with Crippen molar-refractivity contribution in [3.63, 3.8) is 0 Å². The average molecular weight is 250 g/mol. The molecular weight excluding hydrogens is 228 g/mol. The molecule has 0 bridgehead atoms. The fourth-order valence-corrected chi connectivity index (χ4v) is 2.31. The molecule has 1 aromatic rings. The van der Waals surface area contributed by atoms with Crippen LogP contribution in [-0.2, 0) is 11.3 Å². The summed E-state index contributed by atoms with van der Waals surface area (Å²) in [5.41, 5.74) is 2.20. The molecule has 1 fully saturated rings. The van der Waals surface area contributed by atoms with Crippen molar-refractivity contribution in [1.29, 1.82) is 0 Å². The lowest BCUT2D eigenvalue weighted by Crippen LogP contribution is -2.40. The molecule has 0 saturated carbocycles. The summed E-state index contributed by atoms with van der Waals surface area (Å²) in [6.45, 7) is 4.76. The summed E-state index contributed by atoms with van der Waals surface area (Å²) in [6.07, 6.45) is 4.49. The van der Waals surface area contributed by atoms with E-state index in [2.05, 4.69) is 20.2 Å². The number of nitrogens with zero attached hydrogens (tertiary/aromatic N) is 3. The van der Waals surface area contributed by atoms with Gasteiger partial charge in [0.05, 0.1) is 6.10 Å². The van der Waals surface area contributed by atoms with Crippen molar-refractivity contribution in [3.8, 4) is 0 Å². The van der Waals surface area contributed by atoms with Crippen molar-refractivity contribution < 1.29 is 4.74 Å². The van der Waals surface area contributed by atoms with Crippen molar-refractivity contribution in [2.75, 3.05) is 32.1 Å². The third-order valence-corrected chi connectivity index (χ3v) is 3.43. The number of rotatable bonds is 4. The molecule has 1 saturated heterocycles. The molecule has 1 aromatic heterocycles. The van der Waals surface area contributed by atoms with Gasteiger partial charge in [-0.3, -0.25) is 0 Å². The Morgan fingerprint density at radius 2 is 2.39 bits per heavy atom. The maximum atomic E-state index is 5.43. The van der Waals surface area contributed by atoms with E-state index in [-0.39, 0.29) is 0 Å². The minimum Gasteiger partial charge on any atom is -0.380 e. The summed E-state index contributed by atoms with van der Waals surface area (Å²) in [7, 11) is 3.71. The van der Waals surface area contributed by atoms with Crippen LogP contribution in [-0.4, -0.2) is 43.3 Å². The van der Waals surface area contributed by atoms with Crippen LogP contribution in [0.15, 0.2) is 6.20 Å². The predicted molar refractivity (Wildman–Crippen MR) is 71.8 cm³/mol. The van der Waals surface area contributed by atoms with Gasteiger partial charge in [-0.25, -0.2) is 9.97 Å². The van der Waals surface area contributed by atoms with Crippen molar-refractivity contribution >= 4 is 5.95 Å². The largest absolute Gasteiger partial charge is 0.380 e. The van der Waals surface area contributed by atoms with Gasteiger partial charge in [0.25, 0.3) is 0 Å². The maximum Gasteiger partial charge on any atom is 0.225 e. The smallest absolute Gasteiger partial charge is 0.225 e. The highest BCUT2D eigenvalue weighted by molar-refractivity contribution is 5.33. The molecule has 2 rings (SSSR count). The molecule has 1 unspecified atom stereocenters. The Bertz CT molecular complexity index is 397. The van der Waals surface area contributed by atoms with Gasteiger partial charge in [0.1, 0.15) is 0 Å². The van der Waals surface area contributed by atoms with Crippen LogP contribution < -0.4 is 10.2 Å². The van der Waals surface area contributed by atoms with Gasteiger partial charge in [0.2, 0.25) is 5.95 Å². The topological polar surface area (TPSA) is 50.3 Å². The summed E-state index contributed by atoms with van der Waals surface area (Å²) in [4.78, 5) is 11.3. The first-order valence-corrected chi connectivity index (χ1v) is 6.49. The summed E-state index contributed by atoms with van der Waals surface area (Å²) in [6, 6.07) is 0. The molecule has 0 spiro atoms. The quantitative estimate of drug-likeness (QED) is 0.868. The lowest BCUT2D eigenvalue weighted by molar-refractivity contribution is 0.0889. The highest BCUT2D eigenvalue weighted by Crippen LogP contribution is 2.18. The fourth-order valence-electron chi connectivity index (χ4n) is 2.31. The molecule has 0 aromatic carbocycles. The zero-order valence-corrected chi connectivity index (χ0v) is 11.4. The number of anilines is 1. The van der Waals surface area contributed by atoms with Crippen LogP contribution in [0.3, 0.4) is 0 Å². The van der Waals surface area contributed by atoms with Gasteiger partial charge in [0, 0.05) is 44.2 Å². The summed E-state index contributed by atoms with van der Waals surface area (Å²) in [5, 5.41) is 3.13. The Balaban J connectivity index is 2.10. The van der Waals surface area contributed by atoms with Gasteiger partial charge in [-0.05, 0) is 26.8 Å². The third-order valence-electron chi connectivity index (χ3n) is 3.43. The first kappa shape index (κ1) is 13.2. The molecule has 1 N–H and O–H groups in total. The second-order valence-corrected chi connectivity index (χ2v) is 4.76. The van der Waals surface area contributed by atoms with E-state index >= 15 is 0 Å². The van der Waals surface area contributed by atoms with Gasteiger partial charge in [-0.15, -0.1) is 0 Å². The lowest BCUT2D eigenvalue weighted by Gasteiger charge is -2.32. The van der Waals surface area contributed by atoms with E-state index in [4.69, 9.17) is 4.74 Å². The second kappa shape index (κ2) is 6.11. The average Bonchev–Trinajstić information content (AvgIpc) is 2.41. The first-order chi connectivity index (χ1) is 8.74. The van der Waals surface area contributed by atoms with Crippen LogP contribution in [0.4, 0.5) is 5.95 Å². The Hall–Kier alpha value is -1.20. The summed E-state index contributed by atoms with van der Waals surface area (Å²) < 4.78 is 5.43. The van der Waals surface area contributed by atoms with E-state index in [1.54, 1.807) is 7.11 Å². The van der Waals surface area contributed by atoms with Gasteiger partial charge in [-0.1, -0.05) is 0 Å². The fraction of sp³-hybridized carbons (Fsp3) is 0.692. The van der Waals surface area contributed by atoms with Crippen LogP contribution in [0.2, 0.25) is 0 Å². The van der Waals surface area contributed by atoms with Crippen molar-refractivity contribution in [2.24, 2.45) is 0 Å². The lowest BCUT2D eigenvalue weighted by atomic mass is 10.1. The van der Waals surface area contributed by atoms with E-state index < -0.39 is 0 Å². The monoisotopic (exact) mass is 250 g/mol. The number of ether oxygens (including phenoxy) is 1. The molecule has 5 heteroatoms. The number of piperidine rings is 1. The zero-order chi connectivity index (χ0) is 13.0. The Morgan fingerprint density at radius 3 is 3.06 bits per heavy atom. The SMILES string of the molecule is CNCc1cnc(N2CCCC(OC)C2)nc1C. The van der Waals surface area contributed by atoms with Gasteiger partial charge in [-0.2, -0.15) is 0 Å². The van der Waals surface area contributed by atoms with Gasteiger partial charge in [0.15, 0.2) is 0 Å². The van der Waals surface area contributed by atoms with Crippen LogP contribution in [0.25, 0.3) is 0 Å². The molecule has 100 valence electrons. The van der Waals surface area contributed by atoms with Gasteiger partial charge >= 0.3 is 0 Å². The second-order valence-electron chi connectivity index (χ2n) is 4.76. The summed E-state index contributed by atoms with van der Waals surface area (Å²) >= 11 is 0. The number of hydrogen-bond donors (Lipinski definition) is 1. The predicted octanol–water partition coefficient (Wildman–Crippen LogP) is 1.12. The molecule has 5 nitrogen and oxygen atoms in total. The van der Waals surface area contributed by atoms with Crippen molar-refractivity contribution in [3.05, 3.63) is 17.5 Å². The third kappa shape index (κ3) is 2.97. The Morgan fingerprint density at radius 1 is 1.56 bits per heavy atom. The van der Waals surface area contributed by atoms with E-state index in [9.17, 15) is 0 Å². The minimum atomic E-state index is 0.305. The number of hydrogen-bond acceptors (Lipinski definition) is 5.